The summed E-state index contributed by atoms with van der Waals surface area (Å²) in [6, 6.07) is 2.66. The molecule has 0 aromatic heterocycles. The van der Waals surface area contributed by atoms with Crippen LogP contribution in [0.5, 0.6) is 0 Å². The Bertz CT molecular complexity index is 1140. The molecule has 1 aromatic carbocycles. The first-order valence-corrected chi connectivity index (χ1v) is 14.3. The van der Waals surface area contributed by atoms with Crippen LogP contribution in [-0.4, -0.2) is 67.4 Å². The van der Waals surface area contributed by atoms with Crippen LogP contribution in [-0.2, 0) is 25.7 Å². The van der Waals surface area contributed by atoms with Gasteiger partial charge < -0.3 is 10.1 Å². The van der Waals surface area contributed by atoms with Crippen LogP contribution < -0.4 is 5.32 Å². The summed E-state index contributed by atoms with van der Waals surface area (Å²) in [5.41, 5.74) is -1.74. The predicted octanol–water partition coefficient (Wildman–Crippen LogP) is 4.50. The summed E-state index contributed by atoms with van der Waals surface area (Å²) in [6.45, 7) is 9.32. The first kappa shape index (κ1) is 30.2. The molecule has 1 saturated heterocycles. The second-order valence-electron chi connectivity index (χ2n) is 11.4. The number of nitrogens with zero attached hydrogens (tertiary/aromatic N) is 2. The molecule has 0 radical (unpaired) electrons. The van der Waals surface area contributed by atoms with E-state index in [-0.39, 0.29) is 42.8 Å². The first-order chi connectivity index (χ1) is 17.5. The number of rotatable bonds is 7. The van der Waals surface area contributed by atoms with E-state index in [0.29, 0.717) is 25.3 Å². The molecule has 38 heavy (non-hydrogen) atoms. The van der Waals surface area contributed by atoms with Gasteiger partial charge in [0, 0.05) is 26.2 Å². The summed E-state index contributed by atoms with van der Waals surface area (Å²) < 4.78 is 72.5. The fourth-order valence-corrected chi connectivity index (χ4v) is 6.92. The third-order valence-electron chi connectivity index (χ3n) is 7.50. The van der Waals surface area contributed by atoms with E-state index < -0.39 is 44.4 Å². The van der Waals surface area contributed by atoms with Gasteiger partial charge in [-0.3, -0.25) is 9.69 Å². The highest BCUT2D eigenvalue weighted by atomic mass is 32.2. The average molecular weight is 562 g/mol. The second kappa shape index (κ2) is 11.0. The number of amides is 2. The molecule has 1 aliphatic heterocycles. The predicted molar refractivity (Wildman–Crippen MR) is 136 cm³/mol. The molecule has 0 spiro atoms. The molecular formula is C26H38F3N3O5S. The van der Waals surface area contributed by atoms with Crippen LogP contribution in [0.1, 0.15) is 59.4 Å². The molecule has 1 aromatic rings. The number of carbonyl (C=O) groups excluding carboxylic acids is 2. The summed E-state index contributed by atoms with van der Waals surface area (Å²) in [5.74, 6) is -0.695. The van der Waals surface area contributed by atoms with Crippen molar-refractivity contribution in [3.05, 3.63) is 29.8 Å². The lowest BCUT2D eigenvalue weighted by Crippen LogP contribution is -2.54. The number of halogens is 3. The van der Waals surface area contributed by atoms with E-state index in [9.17, 15) is 31.2 Å². The van der Waals surface area contributed by atoms with Gasteiger partial charge in [0.1, 0.15) is 11.6 Å². The number of hydrogen-bond acceptors (Lipinski definition) is 5. The van der Waals surface area contributed by atoms with Gasteiger partial charge in [0.15, 0.2) is 0 Å². The summed E-state index contributed by atoms with van der Waals surface area (Å²) in [6.07, 6.45) is -3.28. The Morgan fingerprint density at radius 2 is 1.84 bits per heavy atom. The van der Waals surface area contributed by atoms with Crippen molar-refractivity contribution in [1.82, 2.24) is 14.5 Å². The molecule has 3 rings (SSSR count). The second-order valence-corrected chi connectivity index (χ2v) is 13.3. The van der Waals surface area contributed by atoms with Gasteiger partial charge in [-0.05, 0) is 69.6 Å². The number of carbonyl (C=O) groups is 2. The maximum atomic E-state index is 13.4. The molecule has 2 amide bonds. The van der Waals surface area contributed by atoms with Gasteiger partial charge in [0.25, 0.3) is 0 Å². The number of ether oxygens (including phenoxy) is 1. The van der Waals surface area contributed by atoms with E-state index in [1.54, 1.807) is 20.8 Å². The first-order valence-electron chi connectivity index (χ1n) is 12.9. The molecule has 1 aliphatic carbocycles. The van der Waals surface area contributed by atoms with Crippen LogP contribution >= 0.6 is 0 Å². The van der Waals surface area contributed by atoms with Crippen molar-refractivity contribution in [2.45, 2.75) is 82.6 Å². The van der Waals surface area contributed by atoms with Crippen molar-refractivity contribution in [3.8, 4) is 0 Å². The summed E-state index contributed by atoms with van der Waals surface area (Å²) in [5, 5.41) is 3.05. The molecule has 12 heteroatoms. The van der Waals surface area contributed by atoms with Crippen molar-refractivity contribution >= 4 is 22.0 Å². The molecule has 1 N–H and O–H groups in total. The minimum atomic E-state index is -4.65. The van der Waals surface area contributed by atoms with Gasteiger partial charge in [0.05, 0.1) is 10.5 Å². The fraction of sp³-hybridized carbons (Fsp3) is 0.692. The van der Waals surface area contributed by atoms with E-state index in [4.69, 9.17) is 4.74 Å². The normalized spacial score (nSPS) is 24.0. The number of hydrogen-bond donors (Lipinski definition) is 1. The molecule has 5 atom stereocenters. The minimum Gasteiger partial charge on any atom is -0.444 e. The lowest BCUT2D eigenvalue weighted by atomic mass is 9.95. The molecule has 1 saturated carbocycles. The summed E-state index contributed by atoms with van der Waals surface area (Å²) in [4.78, 5) is 27.0. The minimum absolute atomic E-state index is 0.0218. The molecule has 2 fully saturated rings. The van der Waals surface area contributed by atoms with Crippen molar-refractivity contribution in [2.24, 2.45) is 17.8 Å². The van der Waals surface area contributed by atoms with Gasteiger partial charge >= 0.3 is 12.3 Å². The van der Waals surface area contributed by atoms with E-state index in [1.807, 2.05) is 13.8 Å². The SMILES string of the molecule is CC[C@H](C)[C@@H](C(=O)N[C@@H]1CC[C@H]2CN(S(=O)(=O)c3cccc(C(F)(F)F)c3)C[C@H]21)N(C)C(=O)OC(C)(C)C. The zero-order valence-corrected chi connectivity index (χ0v) is 23.5. The van der Waals surface area contributed by atoms with Gasteiger partial charge in [-0.2, -0.15) is 17.5 Å². The summed E-state index contributed by atoms with van der Waals surface area (Å²) in [7, 11) is -2.61. The van der Waals surface area contributed by atoms with Crippen LogP contribution in [0.2, 0.25) is 0 Å². The van der Waals surface area contributed by atoms with Gasteiger partial charge in [-0.25, -0.2) is 13.2 Å². The Balaban J connectivity index is 1.74. The quantitative estimate of drug-likeness (QED) is 0.529. The number of fused-ring (bicyclic) bond motifs is 1. The molecule has 8 nitrogen and oxygen atoms in total. The Morgan fingerprint density at radius 3 is 2.42 bits per heavy atom. The van der Waals surface area contributed by atoms with E-state index in [1.165, 1.54) is 22.3 Å². The van der Waals surface area contributed by atoms with Crippen LogP contribution in [0.25, 0.3) is 0 Å². The number of benzene rings is 1. The Hall–Kier alpha value is -2.34. The highest BCUT2D eigenvalue weighted by Crippen LogP contribution is 2.41. The Morgan fingerprint density at radius 1 is 1.18 bits per heavy atom. The van der Waals surface area contributed by atoms with Crippen molar-refractivity contribution in [2.75, 3.05) is 20.1 Å². The molecule has 0 unspecified atom stereocenters. The van der Waals surface area contributed by atoms with Gasteiger partial charge in [-0.15, -0.1) is 0 Å². The average Bonchev–Trinajstić information content (AvgIpc) is 3.40. The standard InChI is InChI=1S/C26H38F3N3O5S/c1-7-16(2)22(31(6)24(34)37-25(3,4)5)23(33)30-21-12-11-17-14-32(15-20(17)21)38(35,36)19-10-8-9-18(13-19)26(27,28)29/h8-10,13,16-17,20-22H,7,11-12,14-15H2,1-6H3,(H,30,33)/t16-,17-,20+,21+,22-/m0/s1. The number of likely N-dealkylation sites (N-methyl/N-ethyl adjacent to an activating group) is 1. The van der Waals surface area contributed by atoms with Gasteiger partial charge in [0.2, 0.25) is 15.9 Å². The molecule has 1 heterocycles. The highest BCUT2D eigenvalue weighted by molar-refractivity contribution is 7.89. The van der Waals surface area contributed by atoms with Crippen molar-refractivity contribution in [1.29, 1.82) is 0 Å². The van der Waals surface area contributed by atoms with Crippen LogP contribution in [0.4, 0.5) is 18.0 Å². The Labute approximate surface area is 222 Å². The third-order valence-corrected chi connectivity index (χ3v) is 9.33. The zero-order valence-electron chi connectivity index (χ0n) is 22.7. The lowest BCUT2D eigenvalue weighted by molar-refractivity contribution is -0.137. The smallest absolute Gasteiger partial charge is 0.416 e. The summed E-state index contributed by atoms with van der Waals surface area (Å²) >= 11 is 0. The van der Waals surface area contributed by atoms with Crippen LogP contribution in [0.15, 0.2) is 29.2 Å². The van der Waals surface area contributed by atoms with Crippen molar-refractivity contribution in [3.63, 3.8) is 0 Å². The third kappa shape index (κ3) is 6.62. The monoisotopic (exact) mass is 561 g/mol. The molecule has 0 bridgehead atoms. The number of sulfonamides is 1. The number of nitrogens with one attached hydrogen (secondary N) is 1. The zero-order chi connectivity index (χ0) is 28.6. The van der Waals surface area contributed by atoms with E-state index >= 15 is 0 Å². The molecule has 2 aliphatic rings. The van der Waals surface area contributed by atoms with Crippen LogP contribution in [0, 0.1) is 17.8 Å². The largest absolute Gasteiger partial charge is 0.444 e. The highest BCUT2D eigenvalue weighted by Gasteiger charge is 2.48. The van der Waals surface area contributed by atoms with E-state index in [0.717, 1.165) is 12.1 Å². The van der Waals surface area contributed by atoms with E-state index in [2.05, 4.69) is 5.32 Å². The Kier molecular flexibility index (Phi) is 8.77. The molecule has 214 valence electrons. The van der Waals surface area contributed by atoms with Gasteiger partial charge in [-0.1, -0.05) is 26.3 Å². The van der Waals surface area contributed by atoms with Crippen molar-refractivity contribution < 1.29 is 35.9 Å². The van der Waals surface area contributed by atoms with Crippen LogP contribution in [0.3, 0.4) is 0 Å². The lowest BCUT2D eigenvalue weighted by Gasteiger charge is -2.34. The fourth-order valence-electron chi connectivity index (χ4n) is 5.34. The maximum absolute atomic E-state index is 13.4. The number of alkyl halides is 3. The maximum Gasteiger partial charge on any atom is 0.416 e. The topological polar surface area (TPSA) is 96.0 Å². The molecular weight excluding hydrogens is 523 g/mol.